The Bertz CT molecular complexity index is 206. The van der Waals surface area contributed by atoms with Crippen LogP contribution in [0.1, 0.15) is 26.2 Å². The summed E-state index contributed by atoms with van der Waals surface area (Å²) < 4.78 is 4.97. The number of unbranched alkanes of at least 4 members (excludes halogenated alkanes) is 2. The van der Waals surface area contributed by atoms with E-state index in [0.29, 0.717) is 6.47 Å². The second-order valence-corrected chi connectivity index (χ2v) is 3.47. The van der Waals surface area contributed by atoms with Crippen molar-refractivity contribution < 1.29 is 9.53 Å². The van der Waals surface area contributed by atoms with Gasteiger partial charge in [0.25, 0.3) is 12.8 Å². The lowest BCUT2D eigenvalue weighted by Crippen LogP contribution is -2.39. The molecule has 0 saturated carbocycles. The molecule has 0 aliphatic carbocycles. The van der Waals surface area contributed by atoms with Gasteiger partial charge in [-0.3, -0.25) is 4.79 Å². The summed E-state index contributed by atoms with van der Waals surface area (Å²) in [7, 11) is 1.89. The summed E-state index contributed by atoms with van der Waals surface area (Å²) in [6.45, 7) is 3.61. The second-order valence-electron chi connectivity index (χ2n) is 3.47. The van der Waals surface area contributed by atoms with E-state index in [2.05, 4.69) is 6.92 Å². The molecule has 14 heavy (non-hydrogen) atoms. The van der Waals surface area contributed by atoms with E-state index in [1.807, 2.05) is 29.2 Å². The van der Waals surface area contributed by atoms with Crippen LogP contribution in [0.25, 0.3) is 0 Å². The predicted octanol–water partition coefficient (Wildman–Crippen LogP) is 1.35. The van der Waals surface area contributed by atoms with Crippen molar-refractivity contribution in [3.05, 3.63) is 12.4 Å². The fourth-order valence-electron chi connectivity index (χ4n) is 1.53. The van der Waals surface area contributed by atoms with Crippen molar-refractivity contribution in [3.63, 3.8) is 0 Å². The average Bonchev–Trinajstić information content (AvgIpc) is 2.51. The van der Waals surface area contributed by atoms with Crippen molar-refractivity contribution in [2.24, 2.45) is 0 Å². The quantitative estimate of drug-likeness (QED) is 0.476. The highest BCUT2D eigenvalue weighted by atomic mass is 16.6. The minimum Gasteiger partial charge on any atom is -0.425 e. The van der Waals surface area contributed by atoms with Crippen LogP contribution in [0.2, 0.25) is 0 Å². The van der Waals surface area contributed by atoms with Gasteiger partial charge < -0.3 is 14.5 Å². The molecule has 1 rings (SSSR count). The van der Waals surface area contributed by atoms with Crippen LogP contribution in [0, 0.1) is 0 Å². The smallest absolute Gasteiger partial charge is 0.296 e. The highest BCUT2D eigenvalue weighted by Gasteiger charge is 2.23. The van der Waals surface area contributed by atoms with E-state index in [1.54, 1.807) is 0 Å². The molecular weight excluding hydrogens is 180 g/mol. The maximum absolute atomic E-state index is 10.3. The molecule has 0 bridgehead atoms. The van der Waals surface area contributed by atoms with Gasteiger partial charge in [-0.2, -0.15) is 0 Å². The van der Waals surface area contributed by atoms with Crippen LogP contribution in [-0.2, 0) is 9.53 Å². The third-order valence-corrected chi connectivity index (χ3v) is 2.32. The SMILES string of the molecule is CCCCCN1C=CN(C)C1OC=O. The molecule has 0 spiro atoms. The topological polar surface area (TPSA) is 32.8 Å². The summed E-state index contributed by atoms with van der Waals surface area (Å²) in [6.07, 6.45) is 7.18. The average molecular weight is 198 g/mol. The molecule has 1 aliphatic rings. The van der Waals surface area contributed by atoms with Gasteiger partial charge in [-0.15, -0.1) is 0 Å². The van der Waals surface area contributed by atoms with Gasteiger partial charge in [0, 0.05) is 26.0 Å². The Labute approximate surface area is 85.1 Å². The number of ether oxygens (including phenoxy) is 1. The lowest BCUT2D eigenvalue weighted by molar-refractivity contribution is -0.150. The molecule has 0 aromatic heterocycles. The summed E-state index contributed by atoms with van der Waals surface area (Å²) in [5, 5.41) is 0. The Kier molecular flexibility index (Phi) is 4.29. The summed E-state index contributed by atoms with van der Waals surface area (Å²) in [4.78, 5) is 14.2. The molecule has 0 radical (unpaired) electrons. The Balaban J connectivity index is 2.35. The van der Waals surface area contributed by atoms with Gasteiger partial charge >= 0.3 is 0 Å². The standard InChI is InChI=1S/C10H18N2O2/c1-3-4-5-6-12-8-7-11(2)10(12)14-9-13/h7-10H,3-6H2,1-2H3. The first-order valence-corrected chi connectivity index (χ1v) is 5.04. The van der Waals surface area contributed by atoms with E-state index in [9.17, 15) is 4.79 Å². The van der Waals surface area contributed by atoms with E-state index < -0.39 is 0 Å². The predicted molar refractivity (Wildman–Crippen MR) is 54.1 cm³/mol. The third kappa shape index (κ3) is 2.65. The minimum absolute atomic E-state index is 0.246. The lowest BCUT2D eigenvalue weighted by atomic mass is 10.2. The second kappa shape index (κ2) is 5.52. The Morgan fingerprint density at radius 1 is 1.43 bits per heavy atom. The van der Waals surface area contributed by atoms with Crippen LogP contribution in [-0.4, -0.2) is 36.2 Å². The first kappa shape index (κ1) is 10.9. The van der Waals surface area contributed by atoms with Crippen LogP contribution >= 0.6 is 0 Å². The molecule has 1 atom stereocenters. The summed E-state index contributed by atoms with van der Waals surface area (Å²) in [5.41, 5.74) is 0. The number of carbonyl (C=O) groups is 1. The van der Waals surface area contributed by atoms with E-state index in [1.165, 1.54) is 12.8 Å². The maximum Gasteiger partial charge on any atom is 0.296 e. The van der Waals surface area contributed by atoms with Crippen molar-refractivity contribution in [3.8, 4) is 0 Å². The molecule has 0 N–H and O–H groups in total. The molecule has 4 nitrogen and oxygen atoms in total. The Morgan fingerprint density at radius 3 is 2.86 bits per heavy atom. The molecule has 0 aromatic carbocycles. The van der Waals surface area contributed by atoms with Crippen molar-refractivity contribution in [1.29, 1.82) is 0 Å². The van der Waals surface area contributed by atoms with E-state index in [-0.39, 0.29) is 6.35 Å². The fourth-order valence-corrected chi connectivity index (χ4v) is 1.53. The van der Waals surface area contributed by atoms with Gasteiger partial charge in [0.05, 0.1) is 0 Å². The number of nitrogens with zero attached hydrogens (tertiary/aromatic N) is 2. The molecule has 0 saturated heterocycles. The van der Waals surface area contributed by atoms with Gasteiger partial charge in [-0.25, -0.2) is 0 Å². The zero-order valence-corrected chi connectivity index (χ0v) is 8.85. The molecule has 0 amide bonds. The monoisotopic (exact) mass is 198 g/mol. The highest BCUT2D eigenvalue weighted by molar-refractivity contribution is 5.37. The number of hydrogen-bond acceptors (Lipinski definition) is 4. The molecule has 1 aliphatic heterocycles. The number of hydrogen-bond donors (Lipinski definition) is 0. The number of rotatable bonds is 6. The van der Waals surface area contributed by atoms with Crippen molar-refractivity contribution in [1.82, 2.24) is 9.80 Å². The zero-order valence-electron chi connectivity index (χ0n) is 8.85. The zero-order chi connectivity index (χ0) is 10.4. The van der Waals surface area contributed by atoms with Gasteiger partial charge in [0.1, 0.15) is 0 Å². The largest absolute Gasteiger partial charge is 0.425 e. The van der Waals surface area contributed by atoms with Crippen LogP contribution in [0.15, 0.2) is 12.4 Å². The van der Waals surface area contributed by atoms with Gasteiger partial charge in [-0.1, -0.05) is 19.8 Å². The van der Waals surface area contributed by atoms with Crippen LogP contribution in [0.3, 0.4) is 0 Å². The van der Waals surface area contributed by atoms with Gasteiger partial charge in [-0.05, 0) is 6.42 Å². The first-order valence-electron chi connectivity index (χ1n) is 5.04. The summed E-state index contributed by atoms with van der Waals surface area (Å²) in [5.74, 6) is 0. The summed E-state index contributed by atoms with van der Waals surface area (Å²) in [6, 6.07) is 0. The Hall–Kier alpha value is -1.19. The third-order valence-electron chi connectivity index (χ3n) is 2.32. The van der Waals surface area contributed by atoms with Crippen molar-refractivity contribution in [2.45, 2.75) is 32.5 Å². The maximum atomic E-state index is 10.3. The molecular formula is C10H18N2O2. The van der Waals surface area contributed by atoms with Crippen molar-refractivity contribution in [2.75, 3.05) is 13.6 Å². The molecule has 0 aromatic rings. The van der Waals surface area contributed by atoms with Crippen molar-refractivity contribution >= 4 is 6.47 Å². The first-order chi connectivity index (χ1) is 6.79. The van der Waals surface area contributed by atoms with E-state index >= 15 is 0 Å². The normalized spacial score (nSPS) is 20.3. The van der Waals surface area contributed by atoms with Crippen LogP contribution in [0.4, 0.5) is 0 Å². The van der Waals surface area contributed by atoms with Crippen LogP contribution < -0.4 is 0 Å². The van der Waals surface area contributed by atoms with Crippen LogP contribution in [0.5, 0.6) is 0 Å². The molecule has 1 heterocycles. The van der Waals surface area contributed by atoms with Gasteiger partial charge in [0.15, 0.2) is 0 Å². The molecule has 1 unspecified atom stereocenters. The lowest BCUT2D eigenvalue weighted by Gasteiger charge is -2.27. The fraction of sp³-hybridized carbons (Fsp3) is 0.700. The van der Waals surface area contributed by atoms with E-state index in [4.69, 9.17) is 4.74 Å². The molecule has 4 heteroatoms. The number of carbonyl (C=O) groups excluding carboxylic acids is 1. The van der Waals surface area contributed by atoms with E-state index in [0.717, 1.165) is 13.0 Å². The Morgan fingerprint density at radius 2 is 2.21 bits per heavy atom. The minimum atomic E-state index is -0.246. The van der Waals surface area contributed by atoms with Gasteiger partial charge in [0.2, 0.25) is 0 Å². The molecule has 0 fully saturated rings. The highest BCUT2D eigenvalue weighted by Crippen LogP contribution is 2.15. The summed E-state index contributed by atoms with van der Waals surface area (Å²) >= 11 is 0. The molecule has 80 valence electrons.